The summed E-state index contributed by atoms with van der Waals surface area (Å²) in [6.45, 7) is 1.68. The maximum absolute atomic E-state index is 11.5. The van der Waals surface area contributed by atoms with E-state index in [1.54, 1.807) is 6.07 Å². The van der Waals surface area contributed by atoms with Crippen molar-refractivity contribution in [2.24, 2.45) is 0 Å². The maximum atomic E-state index is 11.5. The van der Waals surface area contributed by atoms with E-state index >= 15 is 0 Å². The largest absolute Gasteiger partial charge is 0.508 e. The molecule has 1 aromatic rings. The number of aliphatic hydroxyl groups is 1. The Morgan fingerprint density at radius 3 is 2.71 bits per heavy atom. The SMILES string of the molecule is CCCC(=O)c1ccc(O)c(CO)c1. The molecule has 0 aromatic heterocycles. The monoisotopic (exact) mass is 194 g/mol. The van der Waals surface area contributed by atoms with Gasteiger partial charge in [0.15, 0.2) is 5.78 Å². The van der Waals surface area contributed by atoms with Crippen molar-refractivity contribution in [1.29, 1.82) is 0 Å². The molecule has 0 heterocycles. The zero-order valence-electron chi connectivity index (χ0n) is 8.16. The molecule has 14 heavy (non-hydrogen) atoms. The number of hydrogen-bond donors (Lipinski definition) is 2. The summed E-state index contributed by atoms with van der Waals surface area (Å²) in [6, 6.07) is 4.55. The standard InChI is InChI=1S/C11H14O3/c1-2-3-10(13)8-4-5-11(14)9(6-8)7-12/h4-6,12,14H,2-3,7H2,1H3. The van der Waals surface area contributed by atoms with Crippen LogP contribution in [0.1, 0.15) is 35.7 Å². The molecule has 0 unspecified atom stereocenters. The molecule has 0 saturated heterocycles. The van der Waals surface area contributed by atoms with E-state index in [9.17, 15) is 9.90 Å². The summed E-state index contributed by atoms with van der Waals surface area (Å²) in [4.78, 5) is 11.5. The quantitative estimate of drug-likeness (QED) is 0.719. The fraction of sp³-hybridized carbons (Fsp3) is 0.364. The minimum atomic E-state index is -0.251. The van der Waals surface area contributed by atoms with Crippen LogP contribution in [0.2, 0.25) is 0 Å². The van der Waals surface area contributed by atoms with Crippen molar-refractivity contribution in [3.8, 4) is 5.75 Å². The van der Waals surface area contributed by atoms with E-state index in [4.69, 9.17) is 5.11 Å². The van der Waals surface area contributed by atoms with Crippen LogP contribution in [0, 0.1) is 0 Å². The Labute approximate surface area is 83.0 Å². The van der Waals surface area contributed by atoms with Crippen LogP contribution in [0.5, 0.6) is 5.75 Å². The molecule has 0 aliphatic heterocycles. The van der Waals surface area contributed by atoms with Crippen LogP contribution in [-0.4, -0.2) is 16.0 Å². The van der Waals surface area contributed by atoms with Gasteiger partial charge in [0.1, 0.15) is 5.75 Å². The lowest BCUT2D eigenvalue weighted by Crippen LogP contribution is -1.99. The second-order valence-corrected chi connectivity index (χ2v) is 3.17. The summed E-state index contributed by atoms with van der Waals surface area (Å²) in [5.41, 5.74) is 0.945. The Morgan fingerprint density at radius 2 is 2.14 bits per heavy atom. The predicted octanol–water partition coefficient (Wildman–Crippen LogP) is 1.87. The highest BCUT2D eigenvalue weighted by molar-refractivity contribution is 5.96. The van der Waals surface area contributed by atoms with Gasteiger partial charge >= 0.3 is 0 Å². The topological polar surface area (TPSA) is 57.5 Å². The number of carbonyl (C=O) groups excluding carboxylic acids is 1. The smallest absolute Gasteiger partial charge is 0.162 e. The van der Waals surface area contributed by atoms with Crippen LogP contribution in [0.15, 0.2) is 18.2 Å². The van der Waals surface area contributed by atoms with Crippen molar-refractivity contribution in [2.75, 3.05) is 0 Å². The van der Waals surface area contributed by atoms with Gasteiger partial charge in [-0.3, -0.25) is 4.79 Å². The minimum absolute atomic E-state index is 0.0283. The van der Waals surface area contributed by atoms with Gasteiger partial charge in [0.05, 0.1) is 6.61 Å². The van der Waals surface area contributed by atoms with Crippen molar-refractivity contribution in [1.82, 2.24) is 0 Å². The Balaban J connectivity index is 2.94. The predicted molar refractivity (Wildman–Crippen MR) is 53.3 cm³/mol. The van der Waals surface area contributed by atoms with Crippen LogP contribution < -0.4 is 0 Å². The number of carbonyl (C=O) groups is 1. The zero-order chi connectivity index (χ0) is 10.6. The van der Waals surface area contributed by atoms with E-state index in [0.717, 1.165) is 6.42 Å². The van der Waals surface area contributed by atoms with Crippen molar-refractivity contribution in [2.45, 2.75) is 26.4 Å². The number of phenols is 1. The van der Waals surface area contributed by atoms with Gasteiger partial charge in [-0.05, 0) is 24.6 Å². The Bertz CT molecular complexity index is 331. The maximum Gasteiger partial charge on any atom is 0.162 e. The number of ketones is 1. The zero-order valence-corrected chi connectivity index (χ0v) is 8.16. The number of hydrogen-bond acceptors (Lipinski definition) is 3. The lowest BCUT2D eigenvalue weighted by atomic mass is 10.0. The second kappa shape index (κ2) is 4.77. The Morgan fingerprint density at radius 1 is 1.43 bits per heavy atom. The summed E-state index contributed by atoms with van der Waals surface area (Å²) in [5, 5.41) is 18.2. The third kappa shape index (κ3) is 2.33. The molecule has 0 fully saturated rings. The molecule has 0 atom stereocenters. The molecule has 3 heteroatoms. The van der Waals surface area contributed by atoms with E-state index in [-0.39, 0.29) is 18.1 Å². The molecule has 1 rings (SSSR count). The van der Waals surface area contributed by atoms with Crippen molar-refractivity contribution in [3.63, 3.8) is 0 Å². The number of aromatic hydroxyl groups is 1. The molecule has 1 aromatic carbocycles. The van der Waals surface area contributed by atoms with Gasteiger partial charge in [0.25, 0.3) is 0 Å². The third-order valence-electron chi connectivity index (χ3n) is 2.05. The van der Waals surface area contributed by atoms with Gasteiger partial charge in [0, 0.05) is 17.5 Å². The van der Waals surface area contributed by atoms with Crippen molar-refractivity contribution in [3.05, 3.63) is 29.3 Å². The van der Waals surface area contributed by atoms with Gasteiger partial charge in [-0.2, -0.15) is 0 Å². The lowest BCUT2D eigenvalue weighted by molar-refractivity contribution is 0.0981. The summed E-state index contributed by atoms with van der Waals surface area (Å²) >= 11 is 0. The first-order valence-corrected chi connectivity index (χ1v) is 4.65. The first-order valence-electron chi connectivity index (χ1n) is 4.65. The van der Waals surface area contributed by atoms with Crippen LogP contribution in [0.25, 0.3) is 0 Å². The van der Waals surface area contributed by atoms with Crippen molar-refractivity contribution >= 4 is 5.78 Å². The molecular formula is C11H14O3. The highest BCUT2D eigenvalue weighted by atomic mass is 16.3. The molecule has 0 radical (unpaired) electrons. The highest BCUT2D eigenvalue weighted by Gasteiger charge is 2.07. The third-order valence-corrected chi connectivity index (χ3v) is 2.05. The van der Waals surface area contributed by atoms with E-state index < -0.39 is 0 Å². The highest BCUT2D eigenvalue weighted by Crippen LogP contribution is 2.19. The van der Waals surface area contributed by atoms with Gasteiger partial charge in [-0.25, -0.2) is 0 Å². The fourth-order valence-corrected chi connectivity index (χ4v) is 1.26. The summed E-state index contributed by atoms with van der Waals surface area (Å²) in [5.74, 6) is 0.0720. The molecule has 0 aliphatic carbocycles. The normalized spacial score (nSPS) is 10.1. The van der Waals surface area contributed by atoms with E-state index in [0.29, 0.717) is 17.5 Å². The first-order chi connectivity index (χ1) is 6.69. The average molecular weight is 194 g/mol. The van der Waals surface area contributed by atoms with Gasteiger partial charge in [0.2, 0.25) is 0 Å². The minimum Gasteiger partial charge on any atom is -0.508 e. The van der Waals surface area contributed by atoms with Crippen molar-refractivity contribution < 1.29 is 15.0 Å². The lowest BCUT2D eigenvalue weighted by Gasteiger charge is -2.04. The van der Waals surface area contributed by atoms with E-state index in [1.807, 2.05) is 6.92 Å². The molecule has 2 N–H and O–H groups in total. The molecule has 76 valence electrons. The number of Topliss-reactive ketones (excluding diaryl/α,β-unsaturated/α-hetero) is 1. The molecule has 0 bridgehead atoms. The van der Waals surface area contributed by atoms with Crippen LogP contribution in [0.4, 0.5) is 0 Å². The van der Waals surface area contributed by atoms with Crippen LogP contribution in [-0.2, 0) is 6.61 Å². The summed E-state index contributed by atoms with van der Waals surface area (Å²) in [7, 11) is 0. The van der Waals surface area contributed by atoms with E-state index in [1.165, 1.54) is 12.1 Å². The van der Waals surface area contributed by atoms with Gasteiger partial charge < -0.3 is 10.2 Å². The average Bonchev–Trinajstić information content (AvgIpc) is 2.19. The number of benzene rings is 1. The number of aliphatic hydroxyl groups excluding tert-OH is 1. The van der Waals surface area contributed by atoms with E-state index in [2.05, 4.69) is 0 Å². The first kappa shape index (κ1) is 10.7. The molecule has 0 saturated carbocycles. The summed E-state index contributed by atoms with van der Waals surface area (Å²) < 4.78 is 0. The Hall–Kier alpha value is -1.35. The molecule has 0 aliphatic rings. The molecule has 0 spiro atoms. The second-order valence-electron chi connectivity index (χ2n) is 3.17. The van der Waals surface area contributed by atoms with Gasteiger partial charge in [-0.1, -0.05) is 6.92 Å². The molecular weight excluding hydrogens is 180 g/mol. The van der Waals surface area contributed by atoms with Gasteiger partial charge in [-0.15, -0.1) is 0 Å². The van der Waals surface area contributed by atoms with Crippen LogP contribution in [0.3, 0.4) is 0 Å². The number of rotatable bonds is 4. The van der Waals surface area contributed by atoms with Crippen LogP contribution >= 0.6 is 0 Å². The molecule has 0 amide bonds. The summed E-state index contributed by atoms with van der Waals surface area (Å²) in [6.07, 6.45) is 1.30. The molecule has 3 nitrogen and oxygen atoms in total. The fourth-order valence-electron chi connectivity index (χ4n) is 1.26. The Kier molecular flexibility index (Phi) is 3.65.